The van der Waals surface area contributed by atoms with Gasteiger partial charge in [0.15, 0.2) is 5.84 Å². The number of hydrazone groups is 1. The van der Waals surface area contributed by atoms with Gasteiger partial charge in [-0.05, 0) is 79.7 Å². The number of carbonyl (C=O) groups is 1. The highest BCUT2D eigenvalue weighted by atomic mass is 32.2. The molecular formula is C25H20FN5O2S. The predicted molar refractivity (Wildman–Crippen MR) is 132 cm³/mol. The minimum Gasteiger partial charge on any atom is -0.497 e. The number of nitrogens with one attached hydrogen (secondary N) is 1. The maximum absolute atomic E-state index is 13.3. The van der Waals surface area contributed by atoms with Crippen LogP contribution in [0.25, 0.3) is 11.8 Å². The summed E-state index contributed by atoms with van der Waals surface area (Å²) in [4.78, 5) is 17.0. The second-order valence-electron chi connectivity index (χ2n) is 7.80. The molecule has 1 N–H and O–H groups in total. The molecule has 3 heterocycles. The number of methoxy groups -OCH3 is 1. The van der Waals surface area contributed by atoms with E-state index in [0.29, 0.717) is 15.8 Å². The van der Waals surface area contributed by atoms with Gasteiger partial charge in [-0.3, -0.25) is 10.2 Å². The smallest absolute Gasteiger partial charge is 0.283 e. The van der Waals surface area contributed by atoms with E-state index >= 15 is 0 Å². The highest BCUT2D eigenvalue weighted by molar-refractivity contribution is 8.27. The monoisotopic (exact) mass is 473 g/mol. The summed E-state index contributed by atoms with van der Waals surface area (Å²) in [5.41, 5.74) is 4.48. The molecule has 0 radical (unpaired) electrons. The molecule has 0 saturated heterocycles. The minimum atomic E-state index is -0.495. The number of halogens is 1. The first-order valence-corrected chi connectivity index (χ1v) is 11.3. The summed E-state index contributed by atoms with van der Waals surface area (Å²) in [6, 6.07) is 15.6. The van der Waals surface area contributed by atoms with Gasteiger partial charge in [0.2, 0.25) is 5.17 Å². The third-order valence-electron chi connectivity index (χ3n) is 5.63. The molecule has 5 rings (SSSR count). The van der Waals surface area contributed by atoms with E-state index in [1.165, 1.54) is 28.9 Å². The number of carbonyl (C=O) groups excluding carboxylic acids is 1. The van der Waals surface area contributed by atoms with Gasteiger partial charge in [-0.25, -0.2) is 4.39 Å². The molecule has 3 aromatic rings. The number of hydrogen-bond acceptors (Lipinski definition) is 5. The highest BCUT2D eigenvalue weighted by Crippen LogP contribution is 2.32. The van der Waals surface area contributed by atoms with E-state index in [-0.39, 0.29) is 17.2 Å². The average molecular weight is 474 g/mol. The van der Waals surface area contributed by atoms with Crippen molar-refractivity contribution in [2.45, 2.75) is 13.8 Å². The van der Waals surface area contributed by atoms with Crippen molar-refractivity contribution < 1.29 is 13.9 Å². The number of fused-ring (bicyclic) bond motifs is 1. The maximum Gasteiger partial charge on any atom is 0.283 e. The van der Waals surface area contributed by atoms with Crippen LogP contribution < -0.4 is 4.74 Å². The van der Waals surface area contributed by atoms with E-state index in [4.69, 9.17) is 10.1 Å². The molecule has 0 bridgehead atoms. The van der Waals surface area contributed by atoms with Crippen LogP contribution >= 0.6 is 11.8 Å². The summed E-state index contributed by atoms with van der Waals surface area (Å²) >= 11 is 1.18. The first kappa shape index (κ1) is 21.8. The van der Waals surface area contributed by atoms with E-state index in [9.17, 15) is 9.18 Å². The van der Waals surface area contributed by atoms with Crippen LogP contribution in [0.2, 0.25) is 0 Å². The van der Waals surface area contributed by atoms with Gasteiger partial charge in [-0.1, -0.05) is 6.07 Å². The summed E-state index contributed by atoms with van der Waals surface area (Å²) < 4.78 is 20.7. The second kappa shape index (κ2) is 8.42. The van der Waals surface area contributed by atoms with Gasteiger partial charge in [-0.2, -0.15) is 15.1 Å². The number of thioether (sulfide) groups is 1. The van der Waals surface area contributed by atoms with Gasteiger partial charge in [0, 0.05) is 28.7 Å². The molecule has 170 valence electrons. The van der Waals surface area contributed by atoms with Crippen LogP contribution in [0.15, 0.2) is 70.3 Å². The number of rotatable bonds is 4. The standard InChI is InChI=1S/C25H20FN5O2S/c1-14-11-17(15(2)30(14)19-5-4-6-20(13-19)33-3)12-21-22(27)31-25(28-23(21)32)34-24(29-31)16-7-9-18(26)10-8-16/h4-13,27H,1-3H3/b21-12+,27-22?. The number of hydrogen-bond donors (Lipinski definition) is 1. The maximum atomic E-state index is 13.3. The minimum absolute atomic E-state index is 0.0502. The Bertz CT molecular complexity index is 1440. The van der Waals surface area contributed by atoms with Gasteiger partial charge in [0.05, 0.1) is 12.7 Å². The van der Waals surface area contributed by atoms with Crippen LogP contribution in [0, 0.1) is 25.1 Å². The van der Waals surface area contributed by atoms with Gasteiger partial charge in [0.25, 0.3) is 5.91 Å². The number of aryl methyl sites for hydroxylation is 1. The Morgan fingerprint density at radius 2 is 1.88 bits per heavy atom. The lowest BCUT2D eigenvalue weighted by atomic mass is 10.1. The largest absolute Gasteiger partial charge is 0.497 e. The van der Waals surface area contributed by atoms with Crippen LogP contribution in [0.3, 0.4) is 0 Å². The Hall–Kier alpha value is -3.98. The molecule has 9 heteroatoms. The van der Waals surface area contributed by atoms with Gasteiger partial charge >= 0.3 is 0 Å². The average Bonchev–Trinajstić information content (AvgIpc) is 3.37. The van der Waals surface area contributed by atoms with E-state index in [2.05, 4.69) is 14.7 Å². The molecule has 2 aliphatic heterocycles. The van der Waals surface area contributed by atoms with Gasteiger partial charge in [-0.15, -0.1) is 0 Å². The number of nitrogens with zero attached hydrogens (tertiary/aromatic N) is 4. The molecule has 0 aliphatic carbocycles. The fraction of sp³-hybridized carbons (Fsp3) is 0.120. The number of ether oxygens (including phenoxy) is 1. The quantitative estimate of drug-likeness (QED) is 0.546. The van der Waals surface area contributed by atoms with Crippen molar-refractivity contribution in [1.82, 2.24) is 9.58 Å². The zero-order valence-corrected chi connectivity index (χ0v) is 19.5. The number of amidine groups is 2. The van der Waals surface area contributed by atoms with Crippen LogP contribution in [-0.4, -0.2) is 38.6 Å². The van der Waals surface area contributed by atoms with Crippen molar-refractivity contribution in [1.29, 1.82) is 5.41 Å². The molecule has 1 amide bonds. The molecule has 0 saturated carbocycles. The third kappa shape index (κ3) is 3.73. The lowest BCUT2D eigenvalue weighted by molar-refractivity contribution is -0.114. The Morgan fingerprint density at radius 1 is 1.12 bits per heavy atom. The molecule has 1 aromatic heterocycles. The van der Waals surface area contributed by atoms with Gasteiger partial charge in [0.1, 0.15) is 16.6 Å². The lowest BCUT2D eigenvalue weighted by Crippen LogP contribution is -2.35. The SMILES string of the molecule is COc1cccc(-n2c(C)cc(/C=C3\C(=N)N4N=C(c5ccc(F)cc5)SC4=NC3=O)c2C)c1. The zero-order chi connectivity index (χ0) is 24.0. The first-order valence-electron chi connectivity index (χ1n) is 10.5. The summed E-state index contributed by atoms with van der Waals surface area (Å²) in [6.07, 6.45) is 1.68. The fourth-order valence-electron chi connectivity index (χ4n) is 3.94. The van der Waals surface area contributed by atoms with E-state index < -0.39 is 5.91 Å². The molecule has 0 unspecified atom stereocenters. The Balaban J connectivity index is 1.50. The number of aromatic nitrogens is 1. The number of amides is 1. The number of benzene rings is 2. The summed E-state index contributed by atoms with van der Waals surface area (Å²) in [6.45, 7) is 3.94. The van der Waals surface area contributed by atoms with Crippen LogP contribution in [0.5, 0.6) is 5.75 Å². The van der Waals surface area contributed by atoms with Crippen molar-refractivity contribution in [3.05, 3.63) is 88.5 Å². The molecule has 0 fully saturated rings. The van der Waals surface area contributed by atoms with Crippen molar-refractivity contribution >= 4 is 39.8 Å². The molecule has 0 atom stereocenters. The Kier molecular flexibility index (Phi) is 5.41. The molecule has 2 aromatic carbocycles. The van der Waals surface area contributed by atoms with Crippen molar-refractivity contribution in [2.75, 3.05) is 7.11 Å². The first-order chi connectivity index (χ1) is 16.4. The van der Waals surface area contributed by atoms with Crippen LogP contribution in [0.4, 0.5) is 4.39 Å². The molecule has 7 nitrogen and oxygen atoms in total. The van der Waals surface area contributed by atoms with E-state index in [0.717, 1.165) is 28.4 Å². The molecule has 34 heavy (non-hydrogen) atoms. The normalized spacial score (nSPS) is 16.6. The van der Waals surface area contributed by atoms with Crippen molar-refractivity contribution in [2.24, 2.45) is 10.1 Å². The fourth-order valence-corrected chi connectivity index (χ4v) is 4.83. The third-order valence-corrected chi connectivity index (χ3v) is 6.58. The van der Waals surface area contributed by atoms with Crippen LogP contribution in [-0.2, 0) is 4.79 Å². The van der Waals surface area contributed by atoms with Gasteiger partial charge < -0.3 is 9.30 Å². The van der Waals surface area contributed by atoms with Crippen molar-refractivity contribution in [3.63, 3.8) is 0 Å². The molecule has 0 spiro atoms. The topological polar surface area (TPSA) is 83.0 Å². The predicted octanol–water partition coefficient (Wildman–Crippen LogP) is 4.91. The summed E-state index contributed by atoms with van der Waals surface area (Å²) in [5.74, 6) is -0.143. The Labute approximate surface area is 199 Å². The van der Waals surface area contributed by atoms with Crippen molar-refractivity contribution in [3.8, 4) is 11.4 Å². The summed E-state index contributed by atoms with van der Waals surface area (Å²) in [5, 5.41) is 15.3. The second-order valence-corrected chi connectivity index (χ2v) is 8.75. The number of aliphatic imine (C=N–C) groups is 1. The highest BCUT2D eigenvalue weighted by Gasteiger charge is 2.36. The molecular weight excluding hydrogens is 453 g/mol. The lowest BCUT2D eigenvalue weighted by Gasteiger charge is -2.20. The zero-order valence-electron chi connectivity index (χ0n) is 18.7. The van der Waals surface area contributed by atoms with Crippen LogP contribution in [0.1, 0.15) is 22.5 Å². The van der Waals surface area contributed by atoms with E-state index in [1.807, 2.05) is 44.2 Å². The summed E-state index contributed by atoms with van der Waals surface area (Å²) in [7, 11) is 1.63. The van der Waals surface area contributed by atoms with E-state index in [1.54, 1.807) is 25.3 Å². The Morgan fingerprint density at radius 3 is 2.62 bits per heavy atom. The molecule has 2 aliphatic rings.